The van der Waals surface area contributed by atoms with Crippen molar-refractivity contribution in [2.45, 2.75) is 18.9 Å². The van der Waals surface area contributed by atoms with Crippen LogP contribution >= 0.6 is 11.3 Å². The number of thiophene rings is 1. The molecular formula is C16H17N5O2S. The fraction of sp³-hybridized carbons (Fsp3) is 0.250. The SMILES string of the molecule is O=C(NC(CCCO)c1ccccc1)c1sccc1-n1cnnn1. The van der Waals surface area contributed by atoms with Gasteiger partial charge in [-0.3, -0.25) is 4.79 Å². The van der Waals surface area contributed by atoms with Crippen molar-refractivity contribution in [2.24, 2.45) is 0 Å². The maximum Gasteiger partial charge on any atom is 0.264 e. The highest BCUT2D eigenvalue weighted by molar-refractivity contribution is 7.12. The van der Waals surface area contributed by atoms with Gasteiger partial charge in [-0.25, -0.2) is 0 Å². The third-order valence-corrected chi connectivity index (χ3v) is 4.51. The summed E-state index contributed by atoms with van der Waals surface area (Å²) in [5, 5.41) is 25.0. The standard InChI is InChI=1S/C16H17N5O2S/c22-9-4-7-13(12-5-2-1-3-6-12)18-16(23)15-14(8-10-24-15)21-11-17-19-20-21/h1-3,5-6,8,10-11,13,22H,4,7,9H2,(H,18,23). The third-order valence-electron chi connectivity index (χ3n) is 3.60. The van der Waals surface area contributed by atoms with Gasteiger partial charge in [-0.2, -0.15) is 4.68 Å². The summed E-state index contributed by atoms with van der Waals surface area (Å²) in [7, 11) is 0. The van der Waals surface area contributed by atoms with Gasteiger partial charge in [-0.1, -0.05) is 30.3 Å². The summed E-state index contributed by atoms with van der Waals surface area (Å²) in [4.78, 5) is 13.3. The fourth-order valence-electron chi connectivity index (χ4n) is 2.45. The van der Waals surface area contributed by atoms with Gasteiger partial charge >= 0.3 is 0 Å². The van der Waals surface area contributed by atoms with Crippen LogP contribution in [0.2, 0.25) is 0 Å². The van der Waals surface area contributed by atoms with Crippen LogP contribution in [-0.2, 0) is 0 Å². The Balaban J connectivity index is 1.80. The second-order valence-electron chi connectivity index (χ2n) is 5.19. The number of aliphatic hydroxyl groups excluding tert-OH is 1. The van der Waals surface area contributed by atoms with Gasteiger partial charge < -0.3 is 10.4 Å². The molecule has 3 aromatic rings. The van der Waals surface area contributed by atoms with Crippen LogP contribution in [0.4, 0.5) is 0 Å². The van der Waals surface area contributed by atoms with Gasteiger partial charge in [0.25, 0.3) is 5.91 Å². The van der Waals surface area contributed by atoms with E-state index in [4.69, 9.17) is 5.11 Å². The van der Waals surface area contributed by atoms with E-state index in [9.17, 15) is 4.79 Å². The number of carbonyl (C=O) groups excluding carboxylic acids is 1. The zero-order valence-corrected chi connectivity index (χ0v) is 13.7. The minimum absolute atomic E-state index is 0.0914. The second-order valence-corrected chi connectivity index (χ2v) is 6.11. The first kappa shape index (κ1) is 16.3. The first-order chi connectivity index (χ1) is 11.8. The molecule has 0 saturated heterocycles. The first-order valence-electron chi connectivity index (χ1n) is 7.57. The zero-order chi connectivity index (χ0) is 16.8. The van der Waals surface area contributed by atoms with Crippen LogP contribution in [0.1, 0.15) is 34.1 Å². The molecule has 1 amide bonds. The Morgan fingerprint density at radius 2 is 2.12 bits per heavy atom. The minimum atomic E-state index is -0.178. The van der Waals surface area contributed by atoms with E-state index < -0.39 is 0 Å². The van der Waals surface area contributed by atoms with E-state index in [2.05, 4.69) is 20.8 Å². The van der Waals surface area contributed by atoms with Gasteiger partial charge in [0, 0.05) is 6.61 Å². The first-order valence-corrected chi connectivity index (χ1v) is 8.45. The van der Waals surface area contributed by atoms with Crippen LogP contribution in [0.5, 0.6) is 0 Å². The lowest BCUT2D eigenvalue weighted by Gasteiger charge is -2.19. The van der Waals surface area contributed by atoms with Gasteiger partial charge in [0.05, 0.1) is 11.7 Å². The number of hydrogen-bond donors (Lipinski definition) is 2. The summed E-state index contributed by atoms with van der Waals surface area (Å²) < 4.78 is 1.47. The smallest absolute Gasteiger partial charge is 0.264 e. The van der Waals surface area contributed by atoms with Crippen LogP contribution in [0.3, 0.4) is 0 Å². The monoisotopic (exact) mass is 343 g/mol. The lowest BCUT2D eigenvalue weighted by Crippen LogP contribution is -2.29. The van der Waals surface area contributed by atoms with Gasteiger partial charge in [-0.05, 0) is 40.3 Å². The summed E-state index contributed by atoms with van der Waals surface area (Å²) in [6.45, 7) is 0.0914. The highest BCUT2D eigenvalue weighted by Gasteiger charge is 2.20. The van der Waals surface area contributed by atoms with E-state index in [1.54, 1.807) is 6.07 Å². The summed E-state index contributed by atoms with van der Waals surface area (Å²) in [5.74, 6) is -0.178. The van der Waals surface area contributed by atoms with Crippen molar-refractivity contribution in [2.75, 3.05) is 6.61 Å². The Morgan fingerprint density at radius 3 is 2.83 bits per heavy atom. The van der Waals surface area contributed by atoms with Gasteiger partial charge in [0.1, 0.15) is 11.2 Å². The van der Waals surface area contributed by atoms with Crippen molar-refractivity contribution >= 4 is 17.2 Å². The molecule has 0 radical (unpaired) electrons. The van der Waals surface area contributed by atoms with Gasteiger partial charge in [0.2, 0.25) is 0 Å². The largest absolute Gasteiger partial charge is 0.396 e. The number of hydrogen-bond acceptors (Lipinski definition) is 6. The summed E-state index contributed by atoms with van der Waals surface area (Å²) >= 11 is 1.34. The lowest BCUT2D eigenvalue weighted by atomic mass is 10.0. The molecule has 1 unspecified atom stereocenters. The summed E-state index contributed by atoms with van der Waals surface area (Å²) in [6, 6.07) is 11.4. The number of nitrogens with one attached hydrogen (secondary N) is 1. The highest BCUT2D eigenvalue weighted by Crippen LogP contribution is 2.23. The van der Waals surface area contributed by atoms with E-state index >= 15 is 0 Å². The molecule has 0 aliphatic rings. The fourth-order valence-corrected chi connectivity index (χ4v) is 3.23. The lowest BCUT2D eigenvalue weighted by molar-refractivity contribution is 0.0936. The average Bonchev–Trinajstić information content (AvgIpc) is 3.29. The maximum absolute atomic E-state index is 12.7. The Bertz CT molecular complexity index is 773. The zero-order valence-electron chi connectivity index (χ0n) is 12.9. The Morgan fingerprint density at radius 1 is 1.29 bits per heavy atom. The Kier molecular flexibility index (Phi) is 5.29. The molecule has 1 atom stereocenters. The van der Waals surface area contributed by atoms with E-state index in [1.807, 2.05) is 35.7 Å². The van der Waals surface area contributed by atoms with Crippen molar-refractivity contribution in [3.8, 4) is 5.69 Å². The average molecular weight is 343 g/mol. The molecule has 8 heteroatoms. The number of aromatic nitrogens is 4. The molecule has 1 aromatic carbocycles. The van der Waals surface area contributed by atoms with Gasteiger partial charge in [0.15, 0.2) is 0 Å². The predicted octanol–water partition coefficient (Wildman–Crippen LogP) is 1.97. The summed E-state index contributed by atoms with van der Waals surface area (Å²) in [6.07, 6.45) is 2.74. The molecule has 7 nitrogen and oxygen atoms in total. The molecule has 2 N–H and O–H groups in total. The number of amides is 1. The van der Waals surface area contributed by atoms with E-state index in [0.717, 1.165) is 5.56 Å². The molecule has 2 heterocycles. The molecule has 0 aliphatic carbocycles. The number of rotatable bonds is 7. The molecular weight excluding hydrogens is 326 g/mol. The van der Waals surface area contributed by atoms with Crippen LogP contribution in [0.15, 0.2) is 48.1 Å². The number of aliphatic hydroxyl groups is 1. The number of carbonyl (C=O) groups is 1. The van der Waals surface area contributed by atoms with Gasteiger partial charge in [-0.15, -0.1) is 16.4 Å². The Hall–Kier alpha value is -2.58. The maximum atomic E-state index is 12.7. The van der Waals surface area contributed by atoms with Crippen molar-refractivity contribution in [1.82, 2.24) is 25.5 Å². The molecule has 0 aliphatic heterocycles. The molecule has 0 spiro atoms. The van der Waals surface area contributed by atoms with Crippen molar-refractivity contribution in [3.63, 3.8) is 0 Å². The molecule has 24 heavy (non-hydrogen) atoms. The predicted molar refractivity (Wildman–Crippen MR) is 90.0 cm³/mol. The molecule has 0 bridgehead atoms. The molecule has 0 saturated carbocycles. The molecule has 0 fully saturated rings. The van der Waals surface area contributed by atoms with Crippen LogP contribution in [0.25, 0.3) is 5.69 Å². The van der Waals surface area contributed by atoms with Crippen molar-refractivity contribution < 1.29 is 9.90 Å². The number of benzene rings is 1. The molecule has 2 aromatic heterocycles. The summed E-state index contributed by atoms with van der Waals surface area (Å²) in [5.41, 5.74) is 1.66. The van der Waals surface area contributed by atoms with Crippen LogP contribution in [0, 0.1) is 0 Å². The molecule has 124 valence electrons. The Labute approximate surface area is 142 Å². The quantitative estimate of drug-likeness (QED) is 0.684. The highest BCUT2D eigenvalue weighted by atomic mass is 32.1. The van der Waals surface area contributed by atoms with E-state index in [1.165, 1.54) is 22.3 Å². The van der Waals surface area contributed by atoms with E-state index in [-0.39, 0.29) is 18.6 Å². The van der Waals surface area contributed by atoms with Crippen molar-refractivity contribution in [1.29, 1.82) is 0 Å². The van der Waals surface area contributed by atoms with E-state index in [0.29, 0.717) is 23.4 Å². The minimum Gasteiger partial charge on any atom is -0.396 e. The van der Waals surface area contributed by atoms with Crippen LogP contribution in [-0.4, -0.2) is 37.8 Å². The molecule has 3 rings (SSSR count). The van der Waals surface area contributed by atoms with Crippen LogP contribution < -0.4 is 5.32 Å². The number of nitrogens with zero attached hydrogens (tertiary/aromatic N) is 4. The third kappa shape index (κ3) is 3.66. The van der Waals surface area contributed by atoms with Crippen molar-refractivity contribution in [3.05, 3.63) is 58.5 Å². The topological polar surface area (TPSA) is 92.9 Å². The normalized spacial score (nSPS) is 12.0. The number of tetrazole rings is 1. The second kappa shape index (κ2) is 7.80.